The Bertz CT molecular complexity index is 2170. The highest BCUT2D eigenvalue weighted by Gasteiger charge is 2.45. The monoisotopic (exact) mass is 731 g/mol. The molecule has 2 aliphatic heterocycles. The van der Waals surface area contributed by atoms with Crippen molar-refractivity contribution in [2.45, 2.75) is 76.2 Å². The van der Waals surface area contributed by atoms with Gasteiger partial charge in [0.25, 0.3) is 17.7 Å². The second kappa shape index (κ2) is 13.4. The zero-order valence-corrected chi connectivity index (χ0v) is 28.8. The molecule has 2 fully saturated rings. The molecule has 1 atom stereocenters. The zero-order chi connectivity index (χ0) is 37.8. The Morgan fingerprint density at radius 3 is 2.40 bits per heavy atom. The number of aromatic nitrogens is 3. The molecule has 1 saturated heterocycles. The summed E-state index contributed by atoms with van der Waals surface area (Å²) in [5.74, 6) is -2.84. The number of halogens is 3. The number of amides is 5. The summed E-state index contributed by atoms with van der Waals surface area (Å²) in [5.41, 5.74) is -0.983. The molecule has 0 bridgehead atoms. The first-order chi connectivity index (χ1) is 25.1. The van der Waals surface area contributed by atoms with E-state index in [4.69, 9.17) is 5.10 Å². The molecule has 53 heavy (non-hydrogen) atoms. The molecular weight excluding hydrogens is 695 g/mol. The molecule has 2 aromatic carbocycles. The summed E-state index contributed by atoms with van der Waals surface area (Å²) in [7, 11) is 0. The summed E-state index contributed by atoms with van der Waals surface area (Å²) in [5, 5.41) is 24.6. The molecule has 0 spiro atoms. The van der Waals surface area contributed by atoms with Crippen LogP contribution >= 0.6 is 0 Å². The largest absolute Gasteiger partial charge is 0.433 e. The van der Waals surface area contributed by atoms with Crippen molar-refractivity contribution in [1.82, 2.24) is 25.0 Å². The first kappa shape index (κ1) is 35.7. The molecule has 13 nitrogen and oxygen atoms in total. The zero-order valence-electron chi connectivity index (χ0n) is 28.8. The van der Waals surface area contributed by atoms with Gasteiger partial charge in [-0.25, -0.2) is 4.98 Å². The molecule has 1 unspecified atom stereocenters. The van der Waals surface area contributed by atoms with Crippen LogP contribution in [0.3, 0.4) is 0 Å². The van der Waals surface area contributed by atoms with Crippen LogP contribution in [0.25, 0.3) is 10.9 Å². The quantitative estimate of drug-likeness (QED) is 0.178. The van der Waals surface area contributed by atoms with Crippen molar-refractivity contribution < 1.29 is 42.3 Å². The number of fused-ring (bicyclic) bond motifs is 2. The van der Waals surface area contributed by atoms with Crippen LogP contribution < -0.4 is 16.0 Å². The molecule has 2 aromatic heterocycles. The summed E-state index contributed by atoms with van der Waals surface area (Å²) in [6, 6.07) is 10.3. The molecule has 4 heterocycles. The van der Waals surface area contributed by atoms with Gasteiger partial charge in [-0.3, -0.25) is 38.9 Å². The van der Waals surface area contributed by atoms with Crippen molar-refractivity contribution in [2.24, 2.45) is 5.92 Å². The number of piperidine rings is 1. The molecule has 0 radical (unpaired) electrons. The minimum absolute atomic E-state index is 0.0393. The number of carbonyl (C=O) groups excluding carboxylic acids is 5. The van der Waals surface area contributed by atoms with E-state index in [-0.39, 0.29) is 41.6 Å². The van der Waals surface area contributed by atoms with Crippen molar-refractivity contribution in [2.75, 3.05) is 17.2 Å². The van der Waals surface area contributed by atoms with E-state index in [1.54, 1.807) is 30.3 Å². The third-order valence-corrected chi connectivity index (χ3v) is 10.1. The third-order valence-electron chi connectivity index (χ3n) is 10.1. The lowest BCUT2D eigenvalue weighted by Gasteiger charge is -2.29. The van der Waals surface area contributed by atoms with E-state index < -0.39 is 58.7 Å². The number of carbonyl (C=O) groups is 5. The minimum Gasteiger partial charge on any atom is -0.386 e. The molecular formula is C37H36F3N7O6. The average Bonchev–Trinajstić information content (AvgIpc) is 3.64. The van der Waals surface area contributed by atoms with Gasteiger partial charge in [-0.05, 0) is 88.3 Å². The highest BCUT2D eigenvalue weighted by molar-refractivity contribution is 6.25. The van der Waals surface area contributed by atoms with E-state index in [0.29, 0.717) is 28.7 Å². The summed E-state index contributed by atoms with van der Waals surface area (Å²) < 4.78 is 41.5. The Labute approximate surface area is 300 Å². The predicted molar refractivity (Wildman–Crippen MR) is 185 cm³/mol. The Hall–Kier alpha value is -5.64. The number of imide groups is 2. The molecule has 276 valence electrons. The SMILES string of the molecule is CC(C)(O)c1cc2nn(C3CCC(CNc4cccc5c4C(=O)N(C4CCC(=O)NC4=O)C5=O)CC3)cc2cc1NC(=O)c1cccc(C(F)(F)F)n1. The lowest BCUT2D eigenvalue weighted by Crippen LogP contribution is -2.54. The molecule has 5 amide bonds. The number of hydrogen-bond donors (Lipinski definition) is 4. The second-order valence-corrected chi connectivity index (χ2v) is 14.2. The lowest BCUT2D eigenvalue weighted by molar-refractivity contribution is -0.141. The number of alkyl halides is 3. The van der Waals surface area contributed by atoms with E-state index in [2.05, 4.69) is 20.9 Å². The van der Waals surface area contributed by atoms with Crippen molar-refractivity contribution in [3.63, 3.8) is 0 Å². The fraction of sp³-hybridized carbons (Fsp3) is 0.378. The standard InChI is InChI=1S/C37H36F3N7O6/c1-36(2,53)23-16-26-20(15-27(23)43-32(49)25-7-4-8-29(42-25)37(38,39)40)18-46(45-26)21-11-9-19(10-12-21)17-41-24-6-3-5-22-31(24)35(52)47(34(22)51)28-13-14-30(48)44-33(28)50/h3-8,15-16,18-19,21,28,41,53H,9-14,17H2,1-2H3,(H,43,49)(H,44,48,50). The van der Waals surface area contributed by atoms with E-state index in [0.717, 1.165) is 42.7 Å². The highest BCUT2D eigenvalue weighted by Crippen LogP contribution is 2.37. The van der Waals surface area contributed by atoms with Gasteiger partial charge in [0.05, 0.1) is 28.3 Å². The van der Waals surface area contributed by atoms with Crippen LogP contribution in [0.4, 0.5) is 24.5 Å². The molecule has 4 aromatic rings. The second-order valence-electron chi connectivity index (χ2n) is 14.2. The number of benzene rings is 2. The lowest BCUT2D eigenvalue weighted by atomic mass is 9.86. The van der Waals surface area contributed by atoms with Crippen LogP contribution in [0.2, 0.25) is 0 Å². The van der Waals surface area contributed by atoms with Crippen LogP contribution in [-0.2, 0) is 21.4 Å². The van der Waals surface area contributed by atoms with Gasteiger partial charge in [-0.1, -0.05) is 12.1 Å². The minimum atomic E-state index is -4.72. The average molecular weight is 732 g/mol. The van der Waals surface area contributed by atoms with Crippen LogP contribution in [-0.4, -0.2) is 66.9 Å². The number of nitrogens with one attached hydrogen (secondary N) is 3. The molecule has 1 aliphatic carbocycles. The van der Waals surface area contributed by atoms with Crippen LogP contribution in [0.5, 0.6) is 0 Å². The van der Waals surface area contributed by atoms with Gasteiger partial charge in [0.1, 0.15) is 17.4 Å². The Balaban J connectivity index is 1.02. The number of aliphatic hydroxyl groups is 1. The van der Waals surface area contributed by atoms with Gasteiger partial charge < -0.3 is 15.7 Å². The summed E-state index contributed by atoms with van der Waals surface area (Å²) in [6.07, 6.45) is 0.482. The smallest absolute Gasteiger partial charge is 0.386 e. The number of pyridine rings is 1. The molecule has 3 aliphatic rings. The summed E-state index contributed by atoms with van der Waals surface area (Å²) in [6.45, 7) is 3.61. The van der Waals surface area contributed by atoms with Crippen molar-refractivity contribution in [3.8, 4) is 0 Å². The molecule has 7 rings (SSSR count). The van der Waals surface area contributed by atoms with Gasteiger partial charge >= 0.3 is 6.18 Å². The van der Waals surface area contributed by atoms with Crippen LogP contribution in [0.1, 0.15) is 101 Å². The fourth-order valence-electron chi connectivity index (χ4n) is 7.32. The van der Waals surface area contributed by atoms with E-state index in [1.165, 1.54) is 19.9 Å². The first-order valence-corrected chi connectivity index (χ1v) is 17.3. The number of rotatable bonds is 8. The van der Waals surface area contributed by atoms with E-state index in [9.17, 15) is 42.3 Å². The fourth-order valence-corrected chi connectivity index (χ4v) is 7.32. The van der Waals surface area contributed by atoms with Crippen molar-refractivity contribution in [1.29, 1.82) is 0 Å². The first-order valence-electron chi connectivity index (χ1n) is 17.3. The summed E-state index contributed by atoms with van der Waals surface area (Å²) >= 11 is 0. The Morgan fingerprint density at radius 1 is 0.962 bits per heavy atom. The maximum absolute atomic E-state index is 13.5. The van der Waals surface area contributed by atoms with E-state index in [1.807, 2.05) is 10.9 Å². The maximum Gasteiger partial charge on any atom is 0.433 e. The highest BCUT2D eigenvalue weighted by atomic mass is 19.4. The number of anilines is 2. The number of nitrogens with zero attached hydrogens (tertiary/aromatic N) is 4. The topological polar surface area (TPSA) is 176 Å². The van der Waals surface area contributed by atoms with Crippen LogP contribution in [0.15, 0.2) is 54.7 Å². The van der Waals surface area contributed by atoms with Gasteiger partial charge in [-0.2, -0.15) is 18.3 Å². The molecule has 4 N–H and O–H groups in total. The Kier molecular flexibility index (Phi) is 9.04. The van der Waals surface area contributed by atoms with Gasteiger partial charge in [0.15, 0.2) is 0 Å². The van der Waals surface area contributed by atoms with Gasteiger partial charge in [0, 0.05) is 41.5 Å². The normalized spacial score (nSPS) is 20.8. The van der Waals surface area contributed by atoms with Gasteiger partial charge in [-0.15, -0.1) is 0 Å². The summed E-state index contributed by atoms with van der Waals surface area (Å²) in [4.78, 5) is 68.2. The molecule has 16 heteroatoms. The van der Waals surface area contributed by atoms with Crippen molar-refractivity contribution >= 4 is 51.8 Å². The predicted octanol–water partition coefficient (Wildman–Crippen LogP) is 5.17. The molecule has 1 saturated carbocycles. The van der Waals surface area contributed by atoms with Crippen molar-refractivity contribution in [3.05, 3.63) is 82.8 Å². The van der Waals surface area contributed by atoms with Crippen LogP contribution in [0, 0.1) is 5.92 Å². The maximum atomic E-state index is 13.5. The Morgan fingerprint density at radius 2 is 1.70 bits per heavy atom. The van der Waals surface area contributed by atoms with Gasteiger partial charge in [0.2, 0.25) is 11.8 Å². The number of hydrogen-bond acceptors (Lipinski definition) is 9. The third kappa shape index (κ3) is 6.98. The van der Waals surface area contributed by atoms with E-state index >= 15 is 0 Å².